The number of thiophene rings is 1. The SMILES string of the molecule is CC[C@@H]1OC(=O)[C@@](C)(F)C(=O)[C@H](C)[C@@H](O[C@@H]2O[C@H](C)C[C@H](N(C)C)[C@H]2O)[C@@]2(C)C[C@@H](C)C(=NC(C)=O)C[C@H](OC/C(=N/OCc3ccc(-c4ncccn4)s3)CO2)[C@]1(C)O. The number of oxime groups is 1. The van der Waals surface area contributed by atoms with E-state index in [0.717, 1.165) is 16.7 Å². The van der Waals surface area contributed by atoms with E-state index in [0.29, 0.717) is 18.0 Å². The molecule has 0 aliphatic carbocycles. The maximum absolute atomic E-state index is 16.8. The number of likely N-dealkylation sites (N-methyl/N-ethyl adjacent to an activating group) is 1. The van der Waals surface area contributed by atoms with Gasteiger partial charge in [-0.25, -0.2) is 24.1 Å². The van der Waals surface area contributed by atoms with E-state index in [9.17, 15) is 24.6 Å². The number of cyclic esters (lactones) is 1. The Balaban J connectivity index is 1.63. The number of aromatic nitrogens is 2. The lowest BCUT2D eigenvalue weighted by atomic mass is 9.75. The minimum absolute atomic E-state index is 0.00307. The predicted molar refractivity (Wildman–Crippen MR) is 220 cm³/mol. The summed E-state index contributed by atoms with van der Waals surface area (Å²) in [5.41, 5.74) is -6.22. The Morgan fingerprint density at radius 3 is 2.47 bits per heavy atom. The second-order valence-electron chi connectivity index (χ2n) is 16.9. The van der Waals surface area contributed by atoms with Crippen LogP contribution in [0.2, 0.25) is 0 Å². The van der Waals surface area contributed by atoms with Gasteiger partial charge >= 0.3 is 5.97 Å². The van der Waals surface area contributed by atoms with Crippen LogP contribution in [0.5, 0.6) is 0 Å². The molecule has 5 heterocycles. The summed E-state index contributed by atoms with van der Waals surface area (Å²) in [5.74, 6) is -4.66. The number of alkyl halides is 1. The van der Waals surface area contributed by atoms with E-state index in [1.54, 1.807) is 32.3 Å². The number of hydrogen-bond donors (Lipinski definition) is 2. The zero-order chi connectivity index (χ0) is 44.2. The van der Waals surface area contributed by atoms with Crippen molar-refractivity contribution >= 4 is 40.4 Å². The van der Waals surface area contributed by atoms with E-state index in [1.807, 2.05) is 45.0 Å². The van der Waals surface area contributed by atoms with Crippen LogP contribution < -0.4 is 0 Å². The Kier molecular flexibility index (Phi) is 15.5. The van der Waals surface area contributed by atoms with Gasteiger partial charge in [0.15, 0.2) is 24.5 Å². The Morgan fingerprint density at radius 1 is 1.12 bits per heavy atom. The summed E-state index contributed by atoms with van der Waals surface area (Å²) < 4.78 is 48.5. The molecule has 0 unspecified atom stereocenters. The lowest BCUT2D eigenvalue weighted by Gasteiger charge is -2.47. The molecule has 2 bridgehead atoms. The summed E-state index contributed by atoms with van der Waals surface area (Å²) in [5, 5.41) is 28.3. The quantitative estimate of drug-likeness (QED) is 0.214. The standard InChI is InChI=1S/C42H60FN5O11S/c1-11-32-42(8,53)33-18-29(46-26(5)49)23(2)19-40(6,55-21-27(20-54-33)47-56-22-28-13-14-31(60-28)37-44-15-12-16-45-37)36(25(4)35(51)41(7,43)39(52)58-32)59-38-34(50)30(48(9)10)17-24(3)57-38/h12-16,23-25,30,32-34,36,38,50,53H,11,17-22H2,1-10H3/b46-29?,47-27-/t23-,24-,25+,30+,32+,33+,34-,36-,38+,40-,41+,42-/m1/s1. The van der Waals surface area contributed by atoms with Crippen LogP contribution >= 0.6 is 11.3 Å². The number of hydrogen-bond acceptors (Lipinski definition) is 16. The first-order valence-electron chi connectivity index (χ1n) is 20.4. The van der Waals surface area contributed by atoms with Crippen molar-refractivity contribution in [2.24, 2.45) is 22.0 Å². The third-order valence-corrected chi connectivity index (χ3v) is 12.7. The number of fused-ring (bicyclic) bond motifs is 5. The zero-order valence-electron chi connectivity index (χ0n) is 36.1. The molecule has 60 heavy (non-hydrogen) atoms. The van der Waals surface area contributed by atoms with Crippen LogP contribution in [0.15, 0.2) is 40.7 Å². The summed E-state index contributed by atoms with van der Waals surface area (Å²) in [6.07, 6.45) is -3.17. The van der Waals surface area contributed by atoms with Crippen molar-refractivity contribution in [3.05, 3.63) is 35.5 Å². The van der Waals surface area contributed by atoms with Crippen molar-refractivity contribution in [3.8, 4) is 10.7 Å². The van der Waals surface area contributed by atoms with Crippen LogP contribution in [0.25, 0.3) is 10.7 Å². The molecular weight excluding hydrogens is 802 g/mol. The first-order valence-corrected chi connectivity index (χ1v) is 21.2. The molecule has 2 aromatic heterocycles. The molecule has 3 fully saturated rings. The minimum atomic E-state index is -3.21. The van der Waals surface area contributed by atoms with Gasteiger partial charge in [0, 0.05) is 48.3 Å². The molecule has 0 spiro atoms. The highest BCUT2D eigenvalue weighted by Crippen LogP contribution is 2.40. The van der Waals surface area contributed by atoms with Crippen molar-refractivity contribution in [2.45, 2.75) is 147 Å². The first-order chi connectivity index (χ1) is 28.2. The summed E-state index contributed by atoms with van der Waals surface area (Å²) in [6.45, 7) is 11.4. The van der Waals surface area contributed by atoms with Gasteiger partial charge in [-0.1, -0.05) is 25.9 Å². The van der Waals surface area contributed by atoms with Crippen LogP contribution in [-0.2, 0) is 49.5 Å². The molecule has 3 saturated heterocycles. The van der Waals surface area contributed by atoms with Crippen LogP contribution in [-0.4, -0.2) is 141 Å². The average Bonchev–Trinajstić information content (AvgIpc) is 3.66. The maximum Gasteiger partial charge on any atom is 0.351 e. The fraction of sp³-hybridized carbons (Fsp3) is 0.690. The van der Waals surface area contributed by atoms with Gasteiger partial charge in [0.25, 0.3) is 5.67 Å². The molecule has 12 atom stereocenters. The van der Waals surface area contributed by atoms with Crippen LogP contribution in [0.1, 0.15) is 86.0 Å². The van der Waals surface area contributed by atoms with Gasteiger partial charge in [-0.15, -0.1) is 11.3 Å². The Hall–Kier alpha value is -3.62. The predicted octanol–water partition coefficient (Wildman–Crippen LogP) is 4.49. The fourth-order valence-electron chi connectivity index (χ4n) is 8.21. The molecular formula is C42H60FN5O11S. The van der Waals surface area contributed by atoms with Gasteiger partial charge in [0.05, 0.1) is 42.0 Å². The monoisotopic (exact) mass is 861 g/mol. The lowest BCUT2D eigenvalue weighted by molar-refractivity contribution is -0.296. The molecule has 16 nitrogen and oxygen atoms in total. The van der Waals surface area contributed by atoms with E-state index >= 15 is 4.39 Å². The van der Waals surface area contributed by atoms with Gasteiger partial charge in [-0.3, -0.25) is 9.59 Å². The van der Waals surface area contributed by atoms with Gasteiger partial charge in [0.2, 0.25) is 5.91 Å². The van der Waals surface area contributed by atoms with Gasteiger partial charge in [-0.05, 0) is 85.2 Å². The van der Waals surface area contributed by atoms with Crippen molar-refractivity contribution in [3.63, 3.8) is 0 Å². The highest BCUT2D eigenvalue weighted by atomic mass is 32.1. The number of halogens is 1. The van der Waals surface area contributed by atoms with E-state index in [2.05, 4.69) is 20.1 Å². The molecule has 0 aromatic carbocycles. The van der Waals surface area contributed by atoms with Crippen LogP contribution in [0.3, 0.4) is 0 Å². The van der Waals surface area contributed by atoms with Crippen LogP contribution in [0.4, 0.5) is 4.39 Å². The second-order valence-corrected chi connectivity index (χ2v) is 18.1. The number of ketones is 1. The number of amides is 1. The van der Waals surface area contributed by atoms with Gasteiger partial charge < -0.3 is 43.6 Å². The van der Waals surface area contributed by atoms with Gasteiger partial charge in [0.1, 0.15) is 23.5 Å². The third kappa shape index (κ3) is 10.9. The highest BCUT2D eigenvalue weighted by molar-refractivity contribution is 7.15. The topological polar surface area (TPSA) is 201 Å². The van der Waals surface area contributed by atoms with Crippen molar-refractivity contribution in [1.29, 1.82) is 0 Å². The number of aliphatic hydroxyl groups is 2. The summed E-state index contributed by atoms with van der Waals surface area (Å²) in [7, 11) is 3.63. The van der Waals surface area contributed by atoms with Gasteiger partial charge in [-0.2, -0.15) is 0 Å². The highest BCUT2D eigenvalue weighted by Gasteiger charge is 2.56. The largest absolute Gasteiger partial charge is 0.457 e. The number of carbonyl (C=O) groups is 3. The Labute approximate surface area is 354 Å². The number of nitrogens with zero attached hydrogens (tertiary/aromatic N) is 5. The normalized spacial score (nSPS) is 37.6. The Morgan fingerprint density at radius 2 is 1.82 bits per heavy atom. The number of Topliss-reactive ketones (excluding diaryl/α,β-unsaturated/α-hetero) is 1. The molecule has 2 aromatic rings. The van der Waals surface area contributed by atoms with E-state index in [-0.39, 0.29) is 50.9 Å². The Bertz CT molecular complexity index is 1880. The molecule has 332 valence electrons. The maximum atomic E-state index is 16.8. The number of esters is 1. The first kappa shape index (κ1) is 47.4. The smallest absolute Gasteiger partial charge is 0.351 e. The average molecular weight is 862 g/mol. The third-order valence-electron chi connectivity index (χ3n) is 11.6. The molecule has 3 aliphatic heterocycles. The van der Waals surface area contributed by atoms with Crippen molar-refractivity contribution in [2.75, 3.05) is 27.3 Å². The molecule has 1 amide bonds. The summed E-state index contributed by atoms with van der Waals surface area (Å²) >= 11 is 1.43. The molecule has 0 saturated carbocycles. The van der Waals surface area contributed by atoms with E-state index in [1.165, 1.54) is 32.1 Å². The minimum Gasteiger partial charge on any atom is -0.457 e. The lowest BCUT2D eigenvalue weighted by Crippen LogP contribution is -2.61. The molecule has 18 heteroatoms. The second kappa shape index (κ2) is 19.6. The molecule has 3 aliphatic rings. The number of carbonyl (C=O) groups excluding carboxylic acids is 3. The van der Waals surface area contributed by atoms with Crippen LogP contribution in [0, 0.1) is 11.8 Å². The summed E-state index contributed by atoms with van der Waals surface area (Å²) in [6, 6.07) is 5.09. The van der Waals surface area contributed by atoms with E-state index in [4.69, 9.17) is 28.5 Å². The molecule has 2 N–H and O–H groups in total. The fourth-order valence-corrected chi connectivity index (χ4v) is 9.08. The van der Waals surface area contributed by atoms with E-state index < -0.39 is 83.1 Å². The number of ether oxygens (including phenoxy) is 5. The van der Waals surface area contributed by atoms with Crippen molar-refractivity contribution < 1.29 is 57.5 Å². The number of aliphatic hydroxyl groups excluding tert-OH is 1. The number of aliphatic imine (C=N–C) groups is 1. The number of rotatable bonds is 8. The summed E-state index contributed by atoms with van der Waals surface area (Å²) in [4.78, 5) is 63.2. The van der Waals surface area contributed by atoms with Crippen molar-refractivity contribution in [1.82, 2.24) is 14.9 Å². The molecule has 5 rings (SSSR count). The zero-order valence-corrected chi connectivity index (χ0v) is 36.9. The molecule has 0 radical (unpaired) electrons.